The van der Waals surface area contributed by atoms with Crippen molar-refractivity contribution in [2.75, 3.05) is 0 Å². The van der Waals surface area contributed by atoms with Crippen LogP contribution in [0.4, 0.5) is 0 Å². The molecule has 0 fully saturated rings. The molecular weight excluding hydrogens is 449 g/mol. The summed E-state index contributed by atoms with van der Waals surface area (Å²) in [5.41, 5.74) is 0. The first-order valence-electron chi connectivity index (χ1n) is 13.5. The molecule has 4 nitrogen and oxygen atoms in total. The normalized spacial score (nSPS) is 15.2. The molecule has 2 unspecified atom stereocenters. The number of hydrogen-bond donors (Lipinski definition) is 2. The summed E-state index contributed by atoms with van der Waals surface area (Å²) in [5.74, 6) is 0. The molecular formula is C25H58O4Si3. The Morgan fingerprint density at radius 3 is 1.09 bits per heavy atom. The topological polar surface area (TPSA) is 58.9 Å². The molecule has 0 aliphatic rings. The maximum Gasteiger partial charge on any atom is 0.311 e. The van der Waals surface area contributed by atoms with Crippen molar-refractivity contribution in [2.24, 2.45) is 0 Å². The third-order valence-electron chi connectivity index (χ3n) is 6.10. The lowest BCUT2D eigenvalue weighted by molar-refractivity contribution is 0.180. The van der Waals surface area contributed by atoms with Crippen molar-refractivity contribution >= 4 is 25.2 Å². The van der Waals surface area contributed by atoms with E-state index in [1.807, 2.05) is 13.8 Å². The standard InChI is InChI=1S/C25H58O4Si3/c1-24(26)20-16-12-9-10-14-18-22-30(3,4)28-32(7,8)29-31(5,6)23-19-15-11-13-17-21-25(2)27/h24-27H,9-23H2,1-8H3. The average molecular weight is 507 g/mol. The van der Waals surface area contributed by atoms with E-state index >= 15 is 0 Å². The van der Waals surface area contributed by atoms with Gasteiger partial charge in [0.15, 0.2) is 16.6 Å². The van der Waals surface area contributed by atoms with Gasteiger partial charge in [0.25, 0.3) is 0 Å². The molecule has 2 N–H and O–H groups in total. The molecule has 0 amide bonds. The summed E-state index contributed by atoms with van der Waals surface area (Å²) < 4.78 is 13.5. The van der Waals surface area contributed by atoms with Crippen molar-refractivity contribution in [3.63, 3.8) is 0 Å². The predicted octanol–water partition coefficient (Wildman–Crippen LogP) is 7.96. The Morgan fingerprint density at radius 2 is 0.781 bits per heavy atom. The minimum atomic E-state index is -2.09. The van der Waals surface area contributed by atoms with Gasteiger partial charge in [-0.1, -0.05) is 70.6 Å². The zero-order chi connectivity index (χ0) is 24.7. The number of aliphatic hydroxyl groups excluding tert-OH is 2. The molecule has 0 saturated carbocycles. The number of hydrogen-bond acceptors (Lipinski definition) is 4. The largest absolute Gasteiger partial charge is 0.437 e. The van der Waals surface area contributed by atoms with E-state index in [0.717, 1.165) is 25.7 Å². The molecule has 194 valence electrons. The smallest absolute Gasteiger partial charge is 0.311 e. The monoisotopic (exact) mass is 506 g/mol. The maximum absolute atomic E-state index is 9.34. The zero-order valence-electron chi connectivity index (χ0n) is 23.0. The second-order valence-electron chi connectivity index (χ2n) is 11.8. The first-order valence-corrected chi connectivity index (χ1v) is 22.6. The second-order valence-corrected chi connectivity index (χ2v) is 24.3. The van der Waals surface area contributed by atoms with Gasteiger partial charge in [-0.15, -0.1) is 0 Å². The van der Waals surface area contributed by atoms with Gasteiger partial charge >= 0.3 is 8.56 Å². The van der Waals surface area contributed by atoms with E-state index in [1.54, 1.807) is 0 Å². The third-order valence-corrected chi connectivity index (χ3v) is 17.6. The summed E-state index contributed by atoms with van der Waals surface area (Å²) in [7, 11) is -5.47. The van der Waals surface area contributed by atoms with Gasteiger partial charge in [0, 0.05) is 0 Å². The Balaban J connectivity index is 4.07. The SMILES string of the molecule is CC(O)CCCCCCCC[Si](C)(C)O[Si](C)(C)O[Si](C)(C)CCCCCCCC(C)O. The van der Waals surface area contributed by atoms with Crippen molar-refractivity contribution in [3.05, 3.63) is 0 Å². The molecule has 0 spiro atoms. The van der Waals surface area contributed by atoms with Crippen LogP contribution in [0, 0.1) is 0 Å². The lowest BCUT2D eigenvalue weighted by Crippen LogP contribution is -2.52. The molecule has 0 saturated heterocycles. The number of rotatable bonds is 21. The number of unbranched alkanes of at least 4 members (excludes halogenated alkanes) is 9. The molecule has 0 aromatic rings. The molecule has 0 aliphatic heterocycles. The molecule has 0 rings (SSSR count). The summed E-state index contributed by atoms with van der Waals surface area (Å²) in [6, 6.07) is 2.45. The Bertz CT molecular complexity index is 454. The van der Waals surface area contributed by atoms with Crippen LogP contribution in [0.1, 0.15) is 97.3 Å². The van der Waals surface area contributed by atoms with Crippen molar-refractivity contribution in [1.29, 1.82) is 0 Å². The van der Waals surface area contributed by atoms with Crippen molar-refractivity contribution in [2.45, 2.75) is 161 Å². The quantitative estimate of drug-likeness (QED) is 0.122. The lowest BCUT2D eigenvalue weighted by Gasteiger charge is -2.39. The van der Waals surface area contributed by atoms with Crippen molar-refractivity contribution < 1.29 is 18.4 Å². The molecule has 0 aliphatic carbocycles. The Labute approximate surface area is 204 Å². The van der Waals surface area contributed by atoms with Gasteiger partial charge < -0.3 is 18.4 Å². The van der Waals surface area contributed by atoms with Crippen LogP contribution < -0.4 is 0 Å². The van der Waals surface area contributed by atoms with E-state index in [0.29, 0.717) is 0 Å². The maximum atomic E-state index is 9.34. The van der Waals surface area contributed by atoms with Gasteiger partial charge in [0.1, 0.15) is 0 Å². The molecule has 32 heavy (non-hydrogen) atoms. The average Bonchev–Trinajstić information content (AvgIpc) is 2.60. The minimum absolute atomic E-state index is 0.145. The second kappa shape index (κ2) is 17.0. The van der Waals surface area contributed by atoms with Gasteiger partial charge in [0.05, 0.1) is 12.2 Å². The highest BCUT2D eigenvalue weighted by Gasteiger charge is 2.39. The van der Waals surface area contributed by atoms with Gasteiger partial charge in [-0.05, 0) is 78.1 Å². The van der Waals surface area contributed by atoms with Gasteiger partial charge in [-0.3, -0.25) is 0 Å². The third kappa shape index (κ3) is 21.1. The summed E-state index contributed by atoms with van der Waals surface area (Å²) in [6.07, 6.45) is 15.3. The summed E-state index contributed by atoms with van der Waals surface area (Å²) in [6.45, 7) is 17.8. The zero-order valence-corrected chi connectivity index (χ0v) is 26.0. The predicted molar refractivity (Wildman–Crippen MR) is 148 cm³/mol. The Hall–Kier alpha value is 0.491. The fourth-order valence-electron chi connectivity index (χ4n) is 4.67. The molecule has 0 radical (unpaired) electrons. The van der Waals surface area contributed by atoms with Gasteiger partial charge in [-0.2, -0.15) is 0 Å². The van der Waals surface area contributed by atoms with Crippen LogP contribution >= 0.6 is 0 Å². The summed E-state index contributed by atoms with van der Waals surface area (Å²) in [5, 5.41) is 18.7. The van der Waals surface area contributed by atoms with Crippen LogP contribution in [0.2, 0.25) is 51.4 Å². The van der Waals surface area contributed by atoms with E-state index in [9.17, 15) is 10.2 Å². The van der Waals surface area contributed by atoms with Crippen LogP contribution in [0.15, 0.2) is 0 Å². The number of aliphatic hydroxyl groups is 2. The Kier molecular flexibility index (Phi) is 17.3. The highest BCUT2D eigenvalue weighted by Crippen LogP contribution is 2.27. The van der Waals surface area contributed by atoms with Crippen LogP contribution in [-0.4, -0.2) is 47.6 Å². The van der Waals surface area contributed by atoms with E-state index in [-0.39, 0.29) is 12.2 Å². The van der Waals surface area contributed by atoms with E-state index < -0.39 is 25.2 Å². The molecule has 0 aromatic carbocycles. The van der Waals surface area contributed by atoms with Gasteiger partial charge in [-0.25, -0.2) is 0 Å². The van der Waals surface area contributed by atoms with Crippen molar-refractivity contribution in [3.8, 4) is 0 Å². The van der Waals surface area contributed by atoms with Crippen LogP contribution in [0.3, 0.4) is 0 Å². The fraction of sp³-hybridized carbons (Fsp3) is 1.00. The molecule has 0 bridgehead atoms. The molecule has 0 heterocycles. The molecule has 7 heteroatoms. The fourth-order valence-corrected chi connectivity index (χ4v) is 18.9. The van der Waals surface area contributed by atoms with Crippen molar-refractivity contribution in [1.82, 2.24) is 0 Å². The summed E-state index contributed by atoms with van der Waals surface area (Å²) >= 11 is 0. The van der Waals surface area contributed by atoms with E-state index in [4.69, 9.17) is 8.23 Å². The first-order chi connectivity index (χ1) is 14.7. The highest BCUT2D eigenvalue weighted by atomic mass is 28.5. The van der Waals surface area contributed by atoms with Crippen LogP contribution in [0.25, 0.3) is 0 Å². The van der Waals surface area contributed by atoms with E-state index in [1.165, 1.54) is 69.9 Å². The summed E-state index contributed by atoms with van der Waals surface area (Å²) in [4.78, 5) is 0. The van der Waals surface area contributed by atoms with Gasteiger partial charge in [0.2, 0.25) is 0 Å². The highest BCUT2D eigenvalue weighted by molar-refractivity contribution is 6.87. The van der Waals surface area contributed by atoms with Crippen LogP contribution in [-0.2, 0) is 8.23 Å². The first kappa shape index (κ1) is 32.5. The minimum Gasteiger partial charge on any atom is -0.437 e. The molecule has 2 atom stereocenters. The van der Waals surface area contributed by atoms with E-state index in [2.05, 4.69) is 39.3 Å². The lowest BCUT2D eigenvalue weighted by atomic mass is 10.1. The molecule has 0 aromatic heterocycles. The Morgan fingerprint density at radius 1 is 0.500 bits per heavy atom. The van der Waals surface area contributed by atoms with Crippen LogP contribution in [0.5, 0.6) is 0 Å².